The molecule has 3 aromatic carbocycles. The first kappa shape index (κ1) is 20.4. The first-order chi connectivity index (χ1) is 14.2. The molecule has 0 saturated carbocycles. The Hall–Kier alpha value is -3.33. The minimum atomic E-state index is -0.0110. The predicted molar refractivity (Wildman–Crippen MR) is 118 cm³/mol. The first-order valence-corrected chi connectivity index (χ1v) is 9.90. The van der Waals surface area contributed by atoms with Gasteiger partial charge < -0.3 is 0 Å². The van der Waals surface area contributed by atoms with E-state index in [2.05, 4.69) is 17.1 Å². The third kappa shape index (κ3) is 6.96. The van der Waals surface area contributed by atoms with Crippen LogP contribution in [0.4, 0.5) is 0 Å². The molecule has 0 aromatic heterocycles. The van der Waals surface area contributed by atoms with Gasteiger partial charge >= 0.3 is 0 Å². The number of nitrogens with zero attached hydrogens (tertiary/aromatic N) is 1. The van der Waals surface area contributed by atoms with Gasteiger partial charge in [-0.25, -0.2) is 0 Å². The average molecular weight is 383 g/mol. The molecule has 3 heteroatoms. The summed E-state index contributed by atoms with van der Waals surface area (Å²) in [6, 6.07) is 27.2. The van der Waals surface area contributed by atoms with Gasteiger partial charge in [0.15, 0.2) is 5.78 Å². The summed E-state index contributed by atoms with van der Waals surface area (Å²) >= 11 is 0. The molecule has 0 aliphatic carbocycles. The number of hydrogen-bond donors (Lipinski definition) is 0. The van der Waals surface area contributed by atoms with Crippen LogP contribution in [0.5, 0.6) is 0 Å². The SMILES string of the molecule is O=C(Cc1ccccc1)Cc1ccc(C(=O)CN=CCCc2ccccc2)cc1. The second-order valence-electron chi connectivity index (χ2n) is 7.05. The molecular formula is C26H25NO2. The van der Waals surface area contributed by atoms with Gasteiger partial charge in [-0.1, -0.05) is 84.9 Å². The lowest BCUT2D eigenvalue weighted by Crippen LogP contribution is -2.07. The van der Waals surface area contributed by atoms with E-state index in [1.54, 1.807) is 12.1 Å². The van der Waals surface area contributed by atoms with Crippen LogP contribution in [0.3, 0.4) is 0 Å². The van der Waals surface area contributed by atoms with Crippen molar-refractivity contribution < 1.29 is 9.59 Å². The van der Waals surface area contributed by atoms with E-state index in [1.807, 2.05) is 66.9 Å². The summed E-state index contributed by atoms with van der Waals surface area (Å²) in [5.74, 6) is 0.154. The van der Waals surface area contributed by atoms with Crippen molar-refractivity contribution in [2.45, 2.75) is 25.7 Å². The third-order valence-electron chi connectivity index (χ3n) is 4.69. The summed E-state index contributed by atoms with van der Waals surface area (Å²) < 4.78 is 0. The third-order valence-corrected chi connectivity index (χ3v) is 4.69. The van der Waals surface area contributed by atoms with Crippen LogP contribution >= 0.6 is 0 Å². The lowest BCUT2D eigenvalue weighted by Gasteiger charge is -2.04. The second-order valence-corrected chi connectivity index (χ2v) is 7.05. The highest BCUT2D eigenvalue weighted by molar-refractivity contribution is 5.98. The molecule has 0 amide bonds. The Morgan fingerprint density at radius 2 is 1.24 bits per heavy atom. The van der Waals surface area contributed by atoms with Crippen LogP contribution in [0.15, 0.2) is 89.9 Å². The van der Waals surface area contributed by atoms with Crippen LogP contribution in [-0.2, 0) is 24.1 Å². The molecular weight excluding hydrogens is 358 g/mol. The molecule has 3 aromatic rings. The largest absolute Gasteiger partial charge is 0.299 e. The monoisotopic (exact) mass is 383 g/mol. The lowest BCUT2D eigenvalue weighted by molar-refractivity contribution is -0.117. The summed E-state index contributed by atoms with van der Waals surface area (Å²) in [4.78, 5) is 28.7. The molecule has 0 N–H and O–H groups in total. The van der Waals surface area contributed by atoms with Gasteiger partial charge in [0.25, 0.3) is 0 Å². The molecule has 0 atom stereocenters. The highest BCUT2D eigenvalue weighted by atomic mass is 16.1. The zero-order valence-corrected chi connectivity index (χ0v) is 16.5. The maximum atomic E-state index is 12.3. The van der Waals surface area contributed by atoms with Crippen molar-refractivity contribution in [3.8, 4) is 0 Å². The minimum absolute atomic E-state index is 0.0110. The summed E-state index contributed by atoms with van der Waals surface area (Å²) in [6.45, 7) is 0.154. The highest BCUT2D eigenvalue weighted by Gasteiger charge is 2.08. The Kier molecular flexibility index (Phi) is 7.64. The molecule has 0 heterocycles. The van der Waals surface area contributed by atoms with Gasteiger partial charge in [0, 0.05) is 18.4 Å². The van der Waals surface area contributed by atoms with Crippen LogP contribution in [0.1, 0.15) is 33.5 Å². The molecule has 0 saturated heterocycles. The van der Waals surface area contributed by atoms with Gasteiger partial charge in [-0.3, -0.25) is 14.6 Å². The number of benzene rings is 3. The van der Waals surface area contributed by atoms with Crippen LogP contribution in [-0.4, -0.2) is 24.3 Å². The van der Waals surface area contributed by atoms with E-state index in [0.29, 0.717) is 18.4 Å². The fraction of sp³-hybridized carbons (Fsp3) is 0.192. The standard InChI is InChI=1S/C26H25NO2/c28-25(18-22-10-5-2-6-11-22)19-23-13-15-24(16-14-23)26(29)20-27-17-7-12-21-8-3-1-4-9-21/h1-6,8-11,13-17H,7,12,18-20H2. The number of hydrogen-bond acceptors (Lipinski definition) is 3. The molecule has 0 aliphatic rings. The van der Waals surface area contributed by atoms with Crippen molar-refractivity contribution in [3.63, 3.8) is 0 Å². The zero-order valence-electron chi connectivity index (χ0n) is 16.5. The number of ketones is 2. The van der Waals surface area contributed by atoms with E-state index in [4.69, 9.17) is 0 Å². The van der Waals surface area contributed by atoms with Crippen molar-refractivity contribution in [2.24, 2.45) is 4.99 Å². The molecule has 29 heavy (non-hydrogen) atoms. The Balaban J connectivity index is 1.43. The molecule has 0 spiro atoms. The topological polar surface area (TPSA) is 46.5 Å². The zero-order chi connectivity index (χ0) is 20.3. The summed E-state index contributed by atoms with van der Waals surface area (Å²) in [5.41, 5.74) is 3.84. The smallest absolute Gasteiger partial charge is 0.184 e. The fourth-order valence-corrected chi connectivity index (χ4v) is 3.13. The van der Waals surface area contributed by atoms with E-state index < -0.39 is 0 Å². The van der Waals surface area contributed by atoms with Crippen molar-refractivity contribution >= 4 is 17.8 Å². The molecule has 0 radical (unpaired) electrons. The predicted octanol–water partition coefficient (Wildman–Crippen LogP) is 4.93. The molecule has 0 bridgehead atoms. The van der Waals surface area contributed by atoms with Crippen LogP contribution < -0.4 is 0 Å². The van der Waals surface area contributed by atoms with Gasteiger partial charge in [0.05, 0.1) is 0 Å². The fourth-order valence-electron chi connectivity index (χ4n) is 3.13. The van der Waals surface area contributed by atoms with Crippen LogP contribution in [0.2, 0.25) is 0 Å². The Morgan fingerprint density at radius 1 is 0.690 bits per heavy atom. The number of carbonyl (C=O) groups is 2. The Morgan fingerprint density at radius 3 is 1.86 bits per heavy atom. The Bertz CT molecular complexity index is 945. The quantitative estimate of drug-likeness (QED) is 0.368. The molecule has 3 nitrogen and oxygen atoms in total. The molecule has 0 fully saturated rings. The van der Waals surface area contributed by atoms with E-state index >= 15 is 0 Å². The number of Topliss-reactive ketones (excluding diaryl/α,β-unsaturated/α-hetero) is 2. The average Bonchev–Trinajstić information content (AvgIpc) is 2.75. The van der Waals surface area contributed by atoms with Crippen LogP contribution in [0.25, 0.3) is 0 Å². The van der Waals surface area contributed by atoms with E-state index in [1.165, 1.54) is 5.56 Å². The number of rotatable bonds is 10. The Labute approximate surface area is 172 Å². The normalized spacial score (nSPS) is 10.9. The van der Waals surface area contributed by atoms with Gasteiger partial charge in [-0.05, 0) is 35.7 Å². The molecule has 146 valence electrons. The number of aryl methyl sites for hydroxylation is 1. The van der Waals surface area contributed by atoms with E-state index in [9.17, 15) is 9.59 Å². The van der Waals surface area contributed by atoms with Gasteiger partial charge in [0.2, 0.25) is 0 Å². The van der Waals surface area contributed by atoms with Crippen molar-refractivity contribution in [2.75, 3.05) is 6.54 Å². The maximum absolute atomic E-state index is 12.3. The molecule has 3 rings (SSSR count). The molecule has 0 aliphatic heterocycles. The molecule has 0 unspecified atom stereocenters. The van der Waals surface area contributed by atoms with E-state index in [-0.39, 0.29) is 18.1 Å². The maximum Gasteiger partial charge on any atom is 0.184 e. The summed E-state index contributed by atoms with van der Waals surface area (Å²) in [5, 5.41) is 0. The highest BCUT2D eigenvalue weighted by Crippen LogP contribution is 2.09. The van der Waals surface area contributed by atoms with Crippen molar-refractivity contribution in [3.05, 3.63) is 107 Å². The summed E-state index contributed by atoms with van der Waals surface area (Å²) in [6.07, 6.45) is 4.37. The first-order valence-electron chi connectivity index (χ1n) is 9.90. The lowest BCUT2D eigenvalue weighted by atomic mass is 10.0. The second kappa shape index (κ2) is 10.9. The summed E-state index contributed by atoms with van der Waals surface area (Å²) in [7, 11) is 0. The van der Waals surface area contributed by atoms with Gasteiger partial charge in [0.1, 0.15) is 12.3 Å². The van der Waals surface area contributed by atoms with Crippen molar-refractivity contribution in [1.82, 2.24) is 0 Å². The van der Waals surface area contributed by atoms with Crippen molar-refractivity contribution in [1.29, 1.82) is 0 Å². The van der Waals surface area contributed by atoms with E-state index in [0.717, 1.165) is 24.0 Å². The van der Waals surface area contributed by atoms with Crippen LogP contribution in [0, 0.1) is 0 Å². The number of carbonyl (C=O) groups excluding carboxylic acids is 2. The minimum Gasteiger partial charge on any atom is -0.299 e. The van der Waals surface area contributed by atoms with Gasteiger partial charge in [-0.15, -0.1) is 0 Å². The van der Waals surface area contributed by atoms with Gasteiger partial charge in [-0.2, -0.15) is 0 Å². The number of aliphatic imine (C=N–C) groups is 1.